The molecular formula is C23H28ClN3O3. The number of ketones is 2. The van der Waals surface area contributed by atoms with Gasteiger partial charge < -0.3 is 9.88 Å². The highest BCUT2D eigenvalue weighted by Crippen LogP contribution is 2.22. The third-order valence-electron chi connectivity index (χ3n) is 5.89. The van der Waals surface area contributed by atoms with E-state index in [4.69, 9.17) is 11.6 Å². The molecule has 0 saturated carbocycles. The topological polar surface area (TPSA) is 73.5 Å². The molecule has 1 amide bonds. The summed E-state index contributed by atoms with van der Waals surface area (Å²) in [5, 5.41) is 0.450. The molecule has 0 spiro atoms. The quantitative estimate of drug-likeness (QED) is 0.731. The van der Waals surface area contributed by atoms with E-state index in [-0.39, 0.29) is 23.5 Å². The number of benzene rings is 1. The zero-order valence-corrected chi connectivity index (χ0v) is 18.7. The van der Waals surface area contributed by atoms with Crippen LogP contribution in [-0.4, -0.2) is 64.5 Å². The smallest absolute Gasteiger partial charge is 0.255 e. The Morgan fingerprint density at radius 3 is 2.40 bits per heavy atom. The number of H-pyrrole nitrogens is 1. The lowest BCUT2D eigenvalue weighted by molar-refractivity contribution is 0.0753. The summed E-state index contributed by atoms with van der Waals surface area (Å²) in [6.45, 7) is 9.50. The Kier molecular flexibility index (Phi) is 6.78. The number of hydrogen-bond acceptors (Lipinski definition) is 4. The molecule has 2 heterocycles. The lowest BCUT2D eigenvalue weighted by Crippen LogP contribution is -2.42. The second-order valence-electron chi connectivity index (χ2n) is 7.88. The predicted octanol–water partition coefficient (Wildman–Crippen LogP) is 3.91. The third-order valence-corrected chi connectivity index (χ3v) is 6.21. The lowest BCUT2D eigenvalue weighted by Gasteiger charge is -2.27. The molecule has 7 heteroatoms. The maximum absolute atomic E-state index is 13.2. The minimum atomic E-state index is -0.350. The van der Waals surface area contributed by atoms with E-state index in [0.717, 1.165) is 18.7 Å². The van der Waals surface area contributed by atoms with Crippen molar-refractivity contribution >= 4 is 29.1 Å². The van der Waals surface area contributed by atoms with E-state index in [9.17, 15) is 14.4 Å². The van der Waals surface area contributed by atoms with Crippen molar-refractivity contribution in [3.63, 3.8) is 0 Å². The molecule has 0 bridgehead atoms. The third kappa shape index (κ3) is 4.35. The van der Waals surface area contributed by atoms with Crippen molar-refractivity contribution in [1.82, 2.24) is 14.8 Å². The monoisotopic (exact) mass is 429 g/mol. The molecule has 3 rings (SSSR count). The largest absolute Gasteiger partial charge is 0.355 e. The van der Waals surface area contributed by atoms with Crippen LogP contribution < -0.4 is 0 Å². The van der Waals surface area contributed by atoms with Crippen molar-refractivity contribution in [2.45, 2.75) is 40.2 Å². The summed E-state index contributed by atoms with van der Waals surface area (Å²) in [5.74, 6) is -0.159. The molecule has 2 aromatic rings. The Morgan fingerprint density at radius 2 is 1.77 bits per heavy atom. The molecule has 1 aromatic heterocycles. The van der Waals surface area contributed by atoms with Gasteiger partial charge >= 0.3 is 0 Å². The number of halogens is 1. The number of aromatic amines is 1. The molecule has 6 nitrogen and oxygen atoms in total. The first kappa shape index (κ1) is 22.2. The molecule has 1 aliphatic heterocycles. The number of amides is 1. The highest BCUT2D eigenvalue weighted by Gasteiger charge is 2.30. The fraction of sp³-hybridized carbons (Fsp3) is 0.435. The van der Waals surface area contributed by atoms with Crippen LogP contribution in [0.4, 0.5) is 0 Å². The predicted molar refractivity (Wildman–Crippen MR) is 118 cm³/mol. The van der Waals surface area contributed by atoms with E-state index in [0.29, 0.717) is 47.0 Å². The van der Waals surface area contributed by atoms with Crippen LogP contribution in [0.5, 0.6) is 0 Å². The summed E-state index contributed by atoms with van der Waals surface area (Å²) >= 11 is 6.19. The van der Waals surface area contributed by atoms with E-state index in [1.165, 1.54) is 6.92 Å². The van der Waals surface area contributed by atoms with E-state index in [2.05, 4.69) is 9.88 Å². The molecule has 0 aliphatic carbocycles. The van der Waals surface area contributed by atoms with Crippen LogP contribution in [0.15, 0.2) is 24.3 Å². The minimum absolute atomic E-state index is 0.0334. The van der Waals surface area contributed by atoms with Crippen LogP contribution in [0, 0.1) is 13.8 Å². The summed E-state index contributed by atoms with van der Waals surface area (Å²) in [4.78, 5) is 44.9. The Labute approximate surface area is 182 Å². The Hall–Kier alpha value is -2.44. The molecule has 1 aromatic carbocycles. The van der Waals surface area contributed by atoms with Gasteiger partial charge in [-0.1, -0.05) is 23.7 Å². The number of Topliss-reactive ketones (excluding diaryl/α,β-unsaturated/α-hetero) is 2. The first-order valence-corrected chi connectivity index (χ1v) is 10.6. The maximum Gasteiger partial charge on any atom is 0.255 e. The molecular weight excluding hydrogens is 402 g/mol. The summed E-state index contributed by atoms with van der Waals surface area (Å²) in [5.41, 5.74) is 3.03. The molecule has 1 atom stereocenters. The van der Waals surface area contributed by atoms with Crippen LogP contribution in [0.25, 0.3) is 0 Å². The first-order valence-electron chi connectivity index (χ1n) is 10.2. The van der Waals surface area contributed by atoms with Gasteiger partial charge in [-0.2, -0.15) is 0 Å². The second kappa shape index (κ2) is 9.14. The van der Waals surface area contributed by atoms with E-state index < -0.39 is 0 Å². The highest BCUT2D eigenvalue weighted by molar-refractivity contribution is 6.33. The van der Waals surface area contributed by atoms with Gasteiger partial charge in [0.25, 0.3) is 5.91 Å². The number of carbonyl (C=O) groups is 3. The molecule has 1 saturated heterocycles. The van der Waals surface area contributed by atoms with Gasteiger partial charge in [-0.25, -0.2) is 0 Å². The summed E-state index contributed by atoms with van der Waals surface area (Å²) in [6.07, 6.45) is 0.773. The number of carbonyl (C=O) groups excluding carboxylic acids is 3. The number of aryl methyl sites for hydroxylation is 1. The first-order chi connectivity index (χ1) is 14.2. The van der Waals surface area contributed by atoms with Crippen LogP contribution in [-0.2, 0) is 0 Å². The number of nitrogens with one attached hydrogen (secondary N) is 1. The Bertz CT molecular complexity index is 982. The fourth-order valence-corrected chi connectivity index (χ4v) is 4.45. The van der Waals surface area contributed by atoms with Gasteiger partial charge in [0.05, 0.1) is 22.3 Å². The van der Waals surface area contributed by atoms with Gasteiger partial charge in [0.15, 0.2) is 11.6 Å². The molecule has 1 N–H and O–H groups in total. The van der Waals surface area contributed by atoms with Gasteiger partial charge in [-0.3, -0.25) is 19.3 Å². The molecule has 1 unspecified atom stereocenters. The Balaban J connectivity index is 1.71. The van der Waals surface area contributed by atoms with E-state index >= 15 is 0 Å². The van der Waals surface area contributed by atoms with Crippen LogP contribution in [0.2, 0.25) is 5.02 Å². The van der Waals surface area contributed by atoms with Crippen molar-refractivity contribution in [2.24, 2.45) is 0 Å². The average molecular weight is 430 g/mol. The number of rotatable bonds is 5. The molecule has 1 fully saturated rings. The van der Waals surface area contributed by atoms with Gasteiger partial charge in [-0.15, -0.1) is 0 Å². The molecule has 1 aliphatic rings. The van der Waals surface area contributed by atoms with E-state index in [1.54, 1.807) is 29.2 Å². The average Bonchev–Trinajstić information content (AvgIpc) is 2.87. The zero-order chi connectivity index (χ0) is 22.0. The zero-order valence-electron chi connectivity index (χ0n) is 17.9. The molecule has 160 valence electrons. The number of hydrogen-bond donors (Lipinski definition) is 1. The summed E-state index contributed by atoms with van der Waals surface area (Å²) in [7, 11) is 0. The highest BCUT2D eigenvalue weighted by atomic mass is 35.5. The molecule has 0 radical (unpaired) electrons. The fourth-order valence-electron chi connectivity index (χ4n) is 4.23. The van der Waals surface area contributed by atoms with Gasteiger partial charge in [-0.05, 0) is 51.8 Å². The van der Waals surface area contributed by atoms with Crippen molar-refractivity contribution < 1.29 is 14.4 Å². The number of nitrogens with zero attached hydrogens (tertiary/aromatic N) is 2. The number of aromatic nitrogens is 1. The summed E-state index contributed by atoms with van der Waals surface area (Å²) in [6, 6.07) is 6.72. The Morgan fingerprint density at radius 1 is 1.07 bits per heavy atom. The van der Waals surface area contributed by atoms with Crippen molar-refractivity contribution in [3.8, 4) is 0 Å². The van der Waals surface area contributed by atoms with Gasteiger partial charge in [0.1, 0.15) is 0 Å². The maximum atomic E-state index is 13.2. The van der Waals surface area contributed by atoms with Crippen LogP contribution >= 0.6 is 11.6 Å². The minimum Gasteiger partial charge on any atom is -0.355 e. The van der Waals surface area contributed by atoms with Crippen molar-refractivity contribution in [2.75, 3.05) is 26.2 Å². The SMILES string of the molecule is CC(=O)c1c(C)[nH]c(C(=O)C(C)N2CCCN(C(=O)c3ccccc3Cl)CC2)c1C. The van der Waals surface area contributed by atoms with E-state index in [1.807, 2.05) is 20.8 Å². The standard InChI is InChI=1S/C23H28ClN3O3/c1-14-20(17(4)28)15(2)25-21(14)22(29)16(3)26-10-7-11-27(13-12-26)23(30)18-8-5-6-9-19(18)24/h5-6,8-9,16,25H,7,10-13H2,1-4H3. The van der Waals surface area contributed by atoms with Gasteiger partial charge in [0, 0.05) is 37.4 Å². The van der Waals surface area contributed by atoms with Gasteiger partial charge in [0.2, 0.25) is 0 Å². The van der Waals surface area contributed by atoms with Crippen molar-refractivity contribution in [3.05, 3.63) is 57.4 Å². The summed E-state index contributed by atoms with van der Waals surface area (Å²) < 4.78 is 0. The second-order valence-corrected chi connectivity index (χ2v) is 8.29. The van der Waals surface area contributed by atoms with Crippen LogP contribution in [0.1, 0.15) is 62.7 Å². The lowest BCUT2D eigenvalue weighted by atomic mass is 10.0. The van der Waals surface area contributed by atoms with Crippen LogP contribution in [0.3, 0.4) is 0 Å². The van der Waals surface area contributed by atoms with Crippen molar-refractivity contribution in [1.29, 1.82) is 0 Å². The molecule has 30 heavy (non-hydrogen) atoms. The normalized spacial score (nSPS) is 16.2.